The van der Waals surface area contributed by atoms with E-state index < -0.39 is 6.16 Å². The maximum atomic E-state index is 10.6. The van der Waals surface area contributed by atoms with Crippen molar-refractivity contribution in [3.05, 3.63) is 23.3 Å². The first kappa shape index (κ1) is 14.4. The smallest absolute Gasteiger partial charge is 0.504 e. The average molecular weight is 252 g/mol. The number of hydrogen-bond donors (Lipinski definition) is 2. The van der Waals surface area contributed by atoms with Crippen LogP contribution in [0.1, 0.15) is 44.2 Å². The molecule has 0 heterocycles. The average Bonchev–Trinajstić information content (AvgIpc) is 2.32. The molecule has 0 aromatic heterocycles. The van der Waals surface area contributed by atoms with E-state index in [1.807, 2.05) is 13.0 Å². The van der Waals surface area contributed by atoms with Crippen LogP contribution in [0.4, 0.5) is 4.79 Å². The topological polar surface area (TPSA) is 66.8 Å². The molecule has 0 spiro atoms. The summed E-state index contributed by atoms with van der Waals surface area (Å²) in [6.45, 7) is 4.04. The van der Waals surface area contributed by atoms with Crippen molar-refractivity contribution in [2.45, 2.75) is 46.0 Å². The van der Waals surface area contributed by atoms with E-state index in [9.17, 15) is 9.90 Å². The van der Waals surface area contributed by atoms with Crippen molar-refractivity contribution in [2.75, 3.05) is 0 Å². The summed E-state index contributed by atoms with van der Waals surface area (Å²) >= 11 is 0. The Hall–Kier alpha value is -1.71. The van der Waals surface area contributed by atoms with Crippen molar-refractivity contribution < 1.29 is 19.7 Å². The lowest BCUT2D eigenvalue weighted by atomic mass is 10.0. The van der Waals surface area contributed by atoms with Crippen molar-refractivity contribution >= 4 is 6.16 Å². The van der Waals surface area contributed by atoms with Crippen LogP contribution < -0.4 is 4.74 Å². The van der Waals surface area contributed by atoms with Gasteiger partial charge in [0.2, 0.25) is 0 Å². The molecule has 4 nitrogen and oxygen atoms in total. The highest BCUT2D eigenvalue weighted by atomic mass is 16.7. The van der Waals surface area contributed by atoms with Crippen LogP contribution in [-0.4, -0.2) is 16.4 Å². The SMILES string of the molecule is CCCCCc1cc(CC)c(O)c(OC(=O)O)c1. The lowest BCUT2D eigenvalue weighted by molar-refractivity contribution is 0.142. The molecule has 0 radical (unpaired) electrons. The van der Waals surface area contributed by atoms with E-state index in [0.717, 1.165) is 36.8 Å². The lowest BCUT2D eigenvalue weighted by Crippen LogP contribution is -2.04. The van der Waals surface area contributed by atoms with Gasteiger partial charge in [0.25, 0.3) is 0 Å². The van der Waals surface area contributed by atoms with Gasteiger partial charge in [-0.2, -0.15) is 0 Å². The zero-order valence-corrected chi connectivity index (χ0v) is 10.9. The van der Waals surface area contributed by atoms with Crippen LogP contribution in [-0.2, 0) is 12.8 Å². The first-order valence-corrected chi connectivity index (χ1v) is 6.34. The summed E-state index contributed by atoms with van der Waals surface area (Å²) in [6, 6.07) is 3.53. The van der Waals surface area contributed by atoms with Crippen molar-refractivity contribution in [3.8, 4) is 11.5 Å². The largest absolute Gasteiger partial charge is 0.511 e. The van der Waals surface area contributed by atoms with Crippen LogP contribution in [0.15, 0.2) is 12.1 Å². The second-order valence-corrected chi connectivity index (χ2v) is 4.28. The van der Waals surface area contributed by atoms with E-state index in [0.29, 0.717) is 6.42 Å². The van der Waals surface area contributed by atoms with Crippen LogP contribution in [0.3, 0.4) is 0 Å². The zero-order valence-electron chi connectivity index (χ0n) is 10.9. The first-order valence-electron chi connectivity index (χ1n) is 6.34. The first-order chi connectivity index (χ1) is 8.58. The number of aryl methyl sites for hydroxylation is 2. The molecule has 0 saturated carbocycles. The van der Waals surface area contributed by atoms with Gasteiger partial charge in [-0.15, -0.1) is 0 Å². The fourth-order valence-electron chi connectivity index (χ4n) is 1.89. The van der Waals surface area contributed by atoms with Gasteiger partial charge < -0.3 is 14.9 Å². The Balaban J connectivity index is 2.94. The second kappa shape index (κ2) is 6.89. The van der Waals surface area contributed by atoms with Gasteiger partial charge in [0.15, 0.2) is 11.5 Å². The van der Waals surface area contributed by atoms with Gasteiger partial charge in [0, 0.05) is 0 Å². The number of phenols is 1. The molecule has 18 heavy (non-hydrogen) atoms. The molecular weight excluding hydrogens is 232 g/mol. The number of carboxylic acid groups (broad SMARTS) is 1. The van der Waals surface area contributed by atoms with Crippen LogP contribution in [0.5, 0.6) is 11.5 Å². The maximum Gasteiger partial charge on any atom is 0.511 e. The molecule has 0 aliphatic carbocycles. The molecule has 2 N–H and O–H groups in total. The van der Waals surface area contributed by atoms with Gasteiger partial charge in [0.05, 0.1) is 0 Å². The van der Waals surface area contributed by atoms with Gasteiger partial charge >= 0.3 is 6.16 Å². The number of carbonyl (C=O) groups is 1. The number of unbranched alkanes of at least 4 members (excludes halogenated alkanes) is 2. The summed E-state index contributed by atoms with van der Waals surface area (Å²) in [5.74, 6) is -0.0347. The Morgan fingerprint density at radius 1 is 1.28 bits per heavy atom. The predicted molar refractivity (Wildman–Crippen MR) is 69.4 cm³/mol. The summed E-state index contributed by atoms with van der Waals surface area (Å²) in [6.07, 6.45) is 3.43. The molecule has 0 bridgehead atoms. The Morgan fingerprint density at radius 2 is 2.00 bits per heavy atom. The standard InChI is InChI=1S/C14H20O4/c1-3-5-6-7-10-8-11(4-2)13(15)12(9-10)18-14(16)17/h8-9,15H,3-7H2,1-2H3,(H,16,17). The van der Waals surface area contributed by atoms with E-state index in [1.165, 1.54) is 0 Å². The number of benzene rings is 1. The van der Waals surface area contributed by atoms with E-state index in [-0.39, 0.29) is 11.5 Å². The fourth-order valence-corrected chi connectivity index (χ4v) is 1.89. The predicted octanol–water partition coefficient (Wildman–Crippen LogP) is 3.74. The number of rotatable bonds is 6. The van der Waals surface area contributed by atoms with Gasteiger partial charge in [-0.25, -0.2) is 4.79 Å². The van der Waals surface area contributed by atoms with Crippen LogP contribution in [0, 0.1) is 0 Å². The molecule has 0 amide bonds. The molecule has 0 aliphatic heterocycles. The zero-order chi connectivity index (χ0) is 13.5. The summed E-state index contributed by atoms with van der Waals surface area (Å²) in [5.41, 5.74) is 1.73. The van der Waals surface area contributed by atoms with Gasteiger partial charge in [-0.05, 0) is 36.5 Å². The van der Waals surface area contributed by atoms with E-state index in [1.54, 1.807) is 6.07 Å². The third-order valence-electron chi connectivity index (χ3n) is 2.86. The number of ether oxygens (including phenoxy) is 1. The highest BCUT2D eigenvalue weighted by Gasteiger charge is 2.12. The monoisotopic (exact) mass is 252 g/mol. The van der Waals surface area contributed by atoms with Crippen LogP contribution in [0.2, 0.25) is 0 Å². The Labute approximate surface area is 107 Å². The molecule has 100 valence electrons. The molecule has 0 unspecified atom stereocenters. The van der Waals surface area contributed by atoms with Crippen molar-refractivity contribution in [3.63, 3.8) is 0 Å². The molecule has 1 aromatic rings. The molecule has 4 heteroatoms. The van der Waals surface area contributed by atoms with E-state index in [4.69, 9.17) is 5.11 Å². The molecule has 0 saturated heterocycles. The summed E-state index contributed by atoms with van der Waals surface area (Å²) < 4.78 is 4.60. The van der Waals surface area contributed by atoms with Gasteiger partial charge in [0.1, 0.15) is 0 Å². The molecule has 0 fully saturated rings. The van der Waals surface area contributed by atoms with Crippen LogP contribution >= 0.6 is 0 Å². The number of aromatic hydroxyl groups is 1. The normalized spacial score (nSPS) is 10.3. The quantitative estimate of drug-likeness (QED) is 0.459. The fraction of sp³-hybridized carbons (Fsp3) is 0.500. The van der Waals surface area contributed by atoms with Gasteiger partial charge in [-0.3, -0.25) is 0 Å². The highest BCUT2D eigenvalue weighted by Crippen LogP contribution is 2.32. The van der Waals surface area contributed by atoms with Crippen molar-refractivity contribution in [2.24, 2.45) is 0 Å². The van der Waals surface area contributed by atoms with E-state index >= 15 is 0 Å². The molecule has 1 aromatic carbocycles. The minimum atomic E-state index is -1.40. The molecule has 1 rings (SSSR count). The minimum Gasteiger partial charge on any atom is -0.504 e. The van der Waals surface area contributed by atoms with Crippen LogP contribution in [0.25, 0.3) is 0 Å². The Bertz CT molecular complexity index is 413. The Kier molecular flexibility index (Phi) is 5.49. The summed E-state index contributed by atoms with van der Waals surface area (Å²) in [7, 11) is 0. The maximum absolute atomic E-state index is 10.6. The summed E-state index contributed by atoms with van der Waals surface area (Å²) in [5, 5.41) is 18.5. The number of hydrogen-bond acceptors (Lipinski definition) is 3. The van der Waals surface area contributed by atoms with Crippen molar-refractivity contribution in [1.29, 1.82) is 0 Å². The molecule has 0 atom stereocenters. The molecule has 0 aliphatic rings. The highest BCUT2D eigenvalue weighted by molar-refractivity contribution is 5.64. The lowest BCUT2D eigenvalue weighted by Gasteiger charge is -2.10. The Morgan fingerprint density at radius 3 is 2.56 bits per heavy atom. The summed E-state index contributed by atoms with van der Waals surface area (Å²) in [4.78, 5) is 10.6. The third kappa shape index (κ3) is 3.95. The third-order valence-corrected chi connectivity index (χ3v) is 2.86. The number of phenolic OH excluding ortho intramolecular Hbond substituents is 1. The van der Waals surface area contributed by atoms with Gasteiger partial charge in [-0.1, -0.05) is 32.8 Å². The van der Waals surface area contributed by atoms with Crippen molar-refractivity contribution in [1.82, 2.24) is 0 Å². The minimum absolute atomic E-state index is 0.0355. The molecular formula is C14H20O4. The second-order valence-electron chi connectivity index (χ2n) is 4.28. The van der Waals surface area contributed by atoms with E-state index in [2.05, 4.69) is 11.7 Å².